The van der Waals surface area contributed by atoms with E-state index in [1.807, 2.05) is 6.92 Å². The fraction of sp³-hybridized carbons (Fsp3) is 0.235. The number of hydrogen-bond acceptors (Lipinski definition) is 6. The summed E-state index contributed by atoms with van der Waals surface area (Å²) in [4.78, 5) is 11.3. The average molecular weight is 384 g/mol. The molecule has 1 N–H and O–H groups in total. The van der Waals surface area contributed by atoms with Gasteiger partial charge in [-0.1, -0.05) is 29.3 Å². The molecule has 0 saturated carbocycles. The fourth-order valence-corrected chi connectivity index (χ4v) is 4.22. The van der Waals surface area contributed by atoms with Crippen LogP contribution in [0.25, 0.3) is 0 Å². The largest absolute Gasteiger partial charge is 0.495 e. The van der Waals surface area contributed by atoms with Crippen LogP contribution in [-0.2, 0) is 19.4 Å². The first-order chi connectivity index (χ1) is 11.8. The number of rotatable bonds is 6. The molecule has 0 aliphatic heterocycles. The summed E-state index contributed by atoms with van der Waals surface area (Å²) in [5.74, 6) is -0.318. The zero-order valence-electron chi connectivity index (χ0n) is 14.0. The molecule has 25 heavy (non-hydrogen) atoms. The molecule has 0 spiro atoms. The van der Waals surface area contributed by atoms with Crippen LogP contribution in [0, 0.1) is 6.92 Å². The maximum absolute atomic E-state index is 13.1. The Hall–Kier alpha value is -2.25. The molecule has 2 aromatic carbocycles. The Morgan fingerprint density at radius 3 is 2.32 bits per heavy atom. The predicted molar refractivity (Wildman–Crippen MR) is 95.1 cm³/mol. The highest BCUT2D eigenvalue weighted by Gasteiger charge is 2.27. The number of halogens is 1. The second kappa shape index (κ2) is 7.76. The van der Waals surface area contributed by atoms with Crippen molar-refractivity contribution in [2.45, 2.75) is 16.7 Å². The number of aryl methyl sites for hydroxylation is 1. The maximum Gasteiger partial charge on any atom is 0.325 e. The second-order valence-corrected chi connectivity index (χ2v) is 7.47. The summed E-state index contributed by atoms with van der Waals surface area (Å²) in [6.45, 7) is 1.66. The molecular weight excluding hydrogens is 366 g/mol. The van der Waals surface area contributed by atoms with Gasteiger partial charge in [0.15, 0.2) is 0 Å². The Morgan fingerprint density at radius 2 is 1.76 bits per heavy atom. The normalized spacial score (nSPS) is 11.0. The zero-order valence-corrected chi connectivity index (χ0v) is 15.6. The van der Waals surface area contributed by atoms with Gasteiger partial charge in [-0.25, -0.2) is 8.42 Å². The van der Waals surface area contributed by atoms with Crippen LogP contribution in [0.5, 0.6) is 5.75 Å². The van der Waals surface area contributed by atoms with Gasteiger partial charge in [-0.15, -0.1) is 0 Å². The van der Waals surface area contributed by atoms with Crippen LogP contribution >= 0.6 is 11.6 Å². The van der Waals surface area contributed by atoms with Crippen molar-refractivity contribution in [3.05, 3.63) is 47.0 Å². The van der Waals surface area contributed by atoms with Crippen molar-refractivity contribution in [2.24, 2.45) is 0 Å². The van der Waals surface area contributed by atoms with Crippen molar-refractivity contribution in [3.8, 4) is 5.75 Å². The molecule has 8 heteroatoms. The van der Waals surface area contributed by atoms with E-state index in [1.54, 1.807) is 12.1 Å². The summed E-state index contributed by atoms with van der Waals surface area (Å²) in [6.07, 6.45) is 0. The summed E-state index contributed by atoms with van der Waals surface area (Å²) >= 11 is 6.27. The molecule has 0 amide bonds. The third-order valence-corrected chi connectivity index (χ3v) is 5.87. The molecule has 0 aliphatic carbocycles. The second-order valence-electron chi connectivity index (χ2n) is 5.20. The van der Waals surface area contributed by atoms with Crippen LogP contribution in [0.4, 0.5) is 5.69 Å². The van der Waals surface area contributed by atoms with Crippen molar-refractivity contribution < 1.29 is 22.7 Å². The van der Waals surface area contributed by atoms with Gasteiger partial charge < -0.3 is 14.8 Å². The van der Waals surface area contributed by atoms with Crippen LogP contribution in [0.15, 0.2) is 46.2 Å². The number of benzene rings is 2. The van der Waals surface area contributed by atoms with E-state index in [4.69, 9.17) is 16.3 Å². The molecule has 0 aliphatic rings. The van der Waals surface area contributed by atoms with E-state index in [9.17, 15) is 13.2 Å². The molecule has 0 atom stereocenters. The third kappa shape index (κ3) is 4.05. The highest BCUT2D eigenvalue weighted by Crippen LogP contribution is 2.39. The van der Waals surface area contributed by atoms with Crippen molar-refractivity contribution in [1.29, 1.82) is 0 Å². The van der Waals surface area contributed by atoms with E-state index in [2.05, 4.69) is 10.1 Å². The molecule has 0 aromatic heterocycles. The molecule has 6 nitrogen and oxygen atoms in total. The summed E-state index contributed by atoms with van der Waals surface area (Å²) in [5, 5.41) is 2.69. The highest BCUT2D eigenvalue weighted by molar-refractivity contribution is 7.91. The summed E-state index contributed by atoms with van der Waals surface area (Å²) in [6, 6.07) is 9.42. The molecule has 0 heterocycles. The number of sulfone groups is 1. The van der Waals surface area contributed by atoms with Crippen LogP contribution in [-0.4, -0.2) is 35.2 Å². The highest BCUT2D eigenvalue weighted by atomic mass is 35.5. The minimum atomic E-state index is -3.93. The van der Waals surface area contributed by atoms with Gasteiger partial charge in [0.1, 0.15) is 22.2 Å². The van der Waals surface area contributed by atoms with E-state index in [-0.39, 0.29) is 32.8 Å². The van der Waals surface area contributed by atoms with E-state index in [0.29, 0.717) is 0 Å². The SMILES string of the molecule is COC(=O)CNc1ccc(OC)c(Cl)c1S(=O)(=O)c1ccc(C)cc1. The van der Waals surface area contributed by atoms with Gasteiger partial charge in [-0.05, 0) is 31.2 Å². The molecule has 0 fully saturated rings. The summed E-state index contributed by atoms with van der Waals surface area (Å²) < 4.78 is 35.8. The third-order valence-electron chi connectivity index (χ3n) is 3.53. The molecule has 0 radical (unpaired) electrons. The molecule has 2 rings (SSSR count). The standard InChI is InChI=1S/C17H18ClNO5S/c1-11-4-6-12(7-5-11)25(21,22)17-13(19-10-15(20)24-3)8-9-14(23-2)16(17)18/h4-9,19H,10H2,1-3H3. The lowest BCUT2D eigenvalue weighted by atomic mass is 10.2. The summed E-state index contributed by atoms with van der Waals surface area (Å²) in [7, 11) is -1.29. The van der Waals surface area contributed by atoms with Gasteiger partial charge >= 0.3 is 5.97 Å². The van der Waals surface area contributed by atoms with E-state index in [0.717, 1.165) is 5.56 Å². The van der Waals surface area contributed by atoms with E-state index >= 15 is 0 Å². The number of methoxy groups -OCH3 is 2. The molecule has 0 saturated heterocycles. The lowest BCUT2D eigenvalue weighted by Gasteiger charge is -2.16. The lowest BCUT2D eigenvalue weighted by Crippen LogP contribution is -2.17. The number of carbonyl (C=O) groups is 1. The van der Waals surface area contributed by atoms with Gasteiger partial charge in [0.25, 0.3) is 0 Å². The lowest BCUT2D eigenvalue weighted by molar-refractivity contribution is -0.138. The first-order valence-electron chi connectivity index (χ1n) is 7.30. The maximum atomic E-state index is 13.1. The molecule has 0 bridgehead atoms. The van der Waals surface area contributed by atoms with Gasteiger partial charge in [0.2, 0.25) is 9.84 Å². The Kier molecular flexibility index (Phi) is 5.92. The topological polar surface area (TPSA) is 81.7 Å². The predicted octanol–water partition coefficient (Wildman–Crippen LogP) is 3.07. The minimum absolute atomic E-state index is 0.0575. The zero-order chi connectivity index (χ0) is 18.6. The average Bonchev–Trinajstić information content (AvgIpc) is 2.59. The van der Waals surface area contributed by atoms with Crippen LogP contribution in [0.3, 0.4) is 0 Å². The molecular formula is C17H18ClNO5S. The molecule has 0 unspecified atom stereocenters. The Balaban J connectivity index is 2.59. The van der Waals surface area contributed by atoms with Crippen LogP contribution in [0.2, 0.25) is 5.02 Å². The first-order valence-corrected chi connectivity index (χ1v) is 9.16. The van der Waals surface area contributed by atoms with Gasteiger partial charge in [0.05, 0.1) is 24.8 Å². The Labute approximate surface area is 151 Å². The van der Waals surface area contributed by atoms with Crippen molar-refractivity contribution in [1.82, 2.24) is 0 Å². The quantitative estimate of drug-likeness (QED) is 0.772. The smallest absolute Gasteiger partial charge is 0.325 e. The number of nitrogens with one attached hydrogen (secondary N) is 1. The number of carbonyl (C=O) groups excluding carboxylic acids is 1. The van der Waals surface area contributed by atoms with E-state index < -0.39 is 15.8 Å². The van der Waals surface area contributed by atoms with Gasteiger partial charge in [0, 0.05) is 0 Å². The van der Waals surface area contributed by atoms with Gasteiger partial charge in [-0.2, -0.15) is 0 Å². The number of anilines is 1. The molecule has 134 valence electrons. The Bertz CT molecular complexity index is 879. The Morgan fingerprint density at radius 1 is 1.12 bits per heavy atom. The van der Waals surface area contributed by atoms with Crippen molar-refractivity contribution in [2.75, 3.05) is 26.1 Å². The van der Waals surface area contributed by atoms with Crippen LogP contribution in [0.1, 0.15) is 5.56 Å². The number of esters is 1. The van der Waals surface area contributed by atoms with Gasteiger partial charge in [-0.3, -0.25) is 4.79 Å². The first kappa shape index (κ1) is 19.1. The van der Waals surface area contributed by atoms with Crippen LogP contribution < -0.4 is 10.1 Å². The summed E-state index contributed by atoms with van der Waals surface area (Å²) in [5.41, 5.74) is 1.12. The monoisotopic (exact) mass is 383 g/mol. The van der Waals surface area contributed by atoms with Crippen molar-refractivity contribution >= 4 is 33.1 Å². The van der Waals surface area contributed by atoms with Crippen molar-refractivity contribution in [3.63, 3.8) is 0 Å². The fourth-order valence-electron chi connectivity index (χ4n) is 2.17. The van der Waals surface area contributed by atoms with E-state index in [1.165, 1.54) is 38.5 Å². The minimum Gasteiger partial charge on any atom is -0.495 e. The molecule has 2 aromatic rings. The number of ether oxygens (including phenoxy) is 2. The number of hydrogen-bond donors (Lipinski definition) is 1.